The second-order valence-electron chi connectivity index (χ2n) is 7.54. The van der Waals surface area contributed by atoms with Gasteiger partial charge < -0.3 is 10.2 Å². The summed E-state index contributed by atoms with van der Waals surface area (Å²) < 4.78 is 0. The molecule has 2 bridgehead atoms. The van der Waals surface area contributed by atoms with Crippen LogP contribution < -0.4 is 0 Å². The van der Waals surface area contributed by atoms with Crippen molar-refractivity contribution in [2.75, 3.05) is 6.61 Å². The van der Waals surface area contributed by atoms with Crippen LogP contribution in [-0.2, 0) is 0 Å². The number of fused-ring (bicyclic) bond motifs is 1. The van der Waals surface area contributed by atoms with Crippen LogP contribution in [0.4, 0.5) is 0 Å². The van der Waals surface area contributed by atoms with Crippen LogP contribution in [-0.4, -0.2) is 22.4 Å². The van der Waals surface area contributed by atoms with Gasteiger partial charge in [-0.15, -0.1) is 0 Å². The second kappa shape index (κ2) is 3.27. The van der Waals surface area contributed by atoms with Crippen LogP contribution in [0.5, 0.6) is 0 Å². The Bertz CT molecular complexity index is 334. The summed E-state index contributed by atoms with van der Waals surface area (Å²) >= 11 is 0. The van der Waals surface area contributed by atoms with Gasteiger partial charge in [-0.25, -0.2) is 0 Å². The highest BCUT2D eigenvalue weighted by atomic mass is 16.3. The topological polar surface area (TPSA) is 40.5 Å². The molecule has 0 aliphatic heterocycles. The first-order chi connectivity index (χ1) is 7.87. The van der Waals surface area contributed by atoms with Gasteiger partial charge in [0.1, 0.15) is 0 Å². The van der Waals surface area contributed by atoms with Gasteiger partial charge in [0.05, 0.1) is 5.60 Å². The molecule has 0 radical (unpaired) electrons. The number of rotatable bonds is 1. The molecule has 2 N–H and O–H groups in total. The largest absolute Gasteiger partial charge is 0.396 e. The summed E-state index contributed by atoms with van der Waals surface area (Å²) in [5.74, 6) is 1.70. The molecule has 0 aromatic heterocycles. The maximum atomic E-state index is 10.7. The van der Waals surface area contributed by atoms with Crippen LogP contribution in [0, 0.1) is 28.6 Å². The van der Waals surface area contributed by atoms with Gasteiger partial charge >= 0.3 is 0 Å². The van der Waals surface area contributed by atoms with Gasteiger partial charge in [-0.1, -0.05) is 13.8 Å². The summed E-state index contributed by atoms with van der Waals surface area (Å²) in [6, 6.07) is 0. The van der Waals surface area contributed by atoms with Crippen LogP contribution in [0.2, 0.25) is 0 Å². The average molecular weight is 238 g/mol. The second-order valence-corrected chi connectivity index (χ2v) is 7.54. The number of aliphatic hydroxyl groups excluding tert-OH is 1. The van der Waals surface area contributed by atoms with Crippen molar-refractivity contribution in [1.29, 1.82) is 0 Å². The van der Waals surface area contributed by atoms with E-state index in [9.17, 15) is 10.2 Å². The van der Waals surface area contributed by atoms with Crippen molar-refractivity contribution in [3.8, 4) is 0 Å². The molecule has 0 amide bonds. The molecule has 2 nitrogen and oxygen atoms in total. The summed E-state index contributed by atoms with van der Waals surface area (Å²) in [5.41, 5.74) is -0.179. The van der Waals surface area contributed by atoms with Crippen LogP contribution in [0.15, 0.2) is 0 Å². The molecule has 0 unspecified atom stereocenters. The molecule has 1 spiro atoms. The van der Waals surface area contributed by atoms with Gasteiger partial charge in [0, 0.05) is 6.61 Å². The predicted molar refractivity (Wildman–Crippen MR) is 67.5 cm³/mol. The summed E-state index contributed by atoms with van der Waals surface area (Å²) in [5, 5.41) is 20.6. The molecule has 98 valence electrons. The molecule has 0 heterocycles. The standard InChI is InChI=1S/C15H26O2/c1-10-4-5-11-13(2,9-16)12-8-15(10,11)7-6-14(12,3)17/h10-12,16-17H,4-9H2,1-3H3/t10-,11+,12-,13+,14+,15+/m1/s1. The summed E-state index contributed by atoms with van der Waals surface area (Å²) in [6.45, 7) is 6.85. The maximum Gasteiger partial charge on any atom is 0.0654 e. The van der Waals surface area contributed by atoms with Crippen molar-refractivity contribution in [3.63, 3.8) is 0 Å². The zero-order valence-corrected chi connectivity index (χ0v) is 11.4. The van der Waals surface area contributed by atoms with E-state index in [2.05, 4.69) is 13.8 Å². The van der Waals surface area contributed by atoms with E-state index >= 15 is 0 Å². The summed E-state index contributed by atoms with van der Waals surface area (Å²) in [4.78, 5) is 0. The molecule has 3 rings (SSSR count). The Labute approximate surface area is 104 Å². The van der Waals surface area contributed by atoms with Crippen LogP contribution in [0.1, 0.15) is 52.9 Å². The van der Waals surface area contributed by atoms with Gasteiger partial charge in [-0.05, 0) is 67.6 Å². The summed E-state index contributed by atoms with van der Waals surface area (Å²) in [7, 11) is 0. The lowest BCUT2D eigenvalue weighted by Gasteiger charge is -2.44. The van der Waals surface area contributed by atoms with Crippen molar-refractivity contribution < 1.29 is 10.2 Å². The fourth-order valence-electron chi connectivity index (χ4n) is 5.85. The molecule has 3 saturated carbocycles. The third kappa shape index (κ3) is 1.24. The molecule has 0 aromatic rings. The quantitative estimate of drug-likeness (QED) is 0.737. The van der Waals surface area contributed by atoms with Gasteiger partial charge in [-0.2, -0.15) is 0 Å². The molecule has 3 fully saturated rings. The minimum atomic E-state index is -0.563. The van der Waals surface area contributed by atoms with Crippen LogP contribution >= 0.6 is 0 Å². The van der Waals surface area contributed by atoms with E-state index in [1.54, 1.807) is 0 Å². The fourth-order valence-corrected chi connectivity index (χ4v) is 5.85. The first kappa shape index (κ1) is 12.0. The van der Waals surface area contributed by atoms with Crippen molar-refractivity contribution in [3.05, 3.63) is 0 Å². The highest BCUT2D eigenvalue weighted by Gasteiger charge is 2.68. The lowest BCUT2D eigenvalue weighted by atomic mass is 9.64. The van der Waals surface area contributed by atoms with E-state index in [0.717, 1.165) is 25.2 Å². The Morgan fingerprint density at radius 2 is 1.82 bits per heavy atom. The van der Waals surface area contributed by atoms with Crippen LogP contribution in [0.3, 0.4) is 0 Å². The van der Waals surface area contributed by atoms with Crippen molar-refractivity contribution in [2.45, 2.75) is 58.5 Å². The van der Waals surface area contributed by atoms with E-state index < -0.39 is 5.60 Å². The Morgan fingerprint density at radius 3 is 2.47 bits per heavy atom. The molecule has 3 aliphatic rings. The molecule has 2 heteroatoms. The molecular formula is C15H26O2. The van der Waals surface area contributed by atoms with Crippen LogP contribution in [0.25, 0.3) is 0 Å². The third-order valence-electron chi connectivity index (χ3n) is 6.93. The SMILES string of the molecule is C[C@@H]1CC[C@H]2[C@](C)(CO)[C@H]3C[C@@]12CC[C@]3(C)O. The van der Waals surface area contributed by atoms with Gasteiger partial charge in [0.15, 0.2) is 0 Å². The Hall–Kier alpha value is -0.0800. The van der Waals surface area contributed by atoms with E-state index in [0.29, 0.717) is 17.3 Å². The highest BCUT2D eigenvalue weighted by Crippen LogP contribution is 2.73. The Morgan fingerprint density at radius 1 is 1.12 bits per heavy atom. The maximum absolute atomic E-state index is 10.7. The van der Waals surface area contributed by atoms with Gasteiger partial charge in [-0.3, -0.25) is 0 Å². The Kier molecular flexibility index (Phi) is 2.30. The third-order valence-corrected chi connectivity index (χ3v) is 6.93. The minimum Gasteiger partial charge on any atom is -0.396 e. The normalized spacial score (nSPS) is 61.6. The first-order valence-electron chi connectivity index (χ1n) is 7.20. The molecule has 17 heavy (non-hydrogen) atoms. The van der Waals surface area contributed by atoms with Gasteiger partial charge in [0.2, 0.25) is 0 Å². The zero-order chi connectivity index (χ0) is 12.5. The number of hydrogen-bond donors (Lipinski definition) is 2. The van der Waals surface area contributed by atoms with E-state index in [1.807, 2.05) is 6.92 Å². The smallest absolute Gasteiger partial charge is 0.0654 e. The molecular weight excluding hydrogens is 212 g/mol. The van der Waals surface area contributed by atoms with Crippen molar-refractivity contribution in [1.82, 2.24) is 0 Å². The lowest BCUT2D eigenvalue weighted by Crippen LogP contribution is -2.46. The number of hydrogen-bond acceptors (Lipinski definition) is 2. The molecule has 0 aromatic carbocycles. The first-order valence-corrected chi connectivity index (χ1v) is 7.20. The van der Waals surface area contributed by atoms with Gasteiger partial charge in [0.25, 0.3) is 0 Å². The zero-order valence-electron chi connectivity index (χ0n) is 11.4. The minimum absolute atomic E-state index is 0.0508. The summed E-state index contributed by atoms with van der Waals surface area (Å²) in [6.07, 6.45) is 5.80. The molecule has 3 aliphatic carbocycles. The predicted octanol–water partition coefficient (Wildman–Crippen LogP) is 2.58. The van der Waals surface area contributed by atoms with E-state index in [4.69, 9.17) is 0 Å². The average Bonchev–Trinajstić information content (AvgIpc) is 2.71. The van der Waals surface area contributed by atoms with Crippen molar-refractivity contribution >= 4 is 0 Å². The lowest BCUT2D eigenvalue weighted by molar-refractivity contribution is -0.0858. The Balaban J connectivity index is 2.08. The fraction of sp³-hybridized carbons (Fsp3) is 1.00. The van der Waals surface area contributed by atoms with E-state index in [-0.39, 0.29) is 12.0 Å². The number of aliphatic hydroxyl groups is 2. The molecule has 6 atom stereocenters. The van der Waals surface area contributed by atoms with Crippen molar-refractivity contribution in [2.24, 2.45) is 28.6 Å². The highest BCUT2D eigenvalue weighted by molar-refractivity contribution is 5.17. The van der Waals surface area contributed by atoms with E-state index in [1.165, 1.54) is 12.8 Å². The monoisotopic (exact) mass is 238 g/mol. The molecule has 0 saturated heterocycles.